The summed E-state index contributed by atoms with van der Waals surface area (Å²) in [5.41, 5.74) is 7.18. The Morgan fingerprint density at radius 1 is 0.952 bits per heavy atom. The van der Waals surface area contributed by atoms with Crippen LogP contribution >= 0.6 is 24.0 Å². The lowest BCUT2D eigenvalue weighted by atomic mass is 10.1. The van der Waals surface area contributed by atoms with E-state index in [0.29, 0.717) is 58.0 Å². The zero-order valence-corrected chi connectivity index (χ0v) is 24.3. The molecular formula is C31H29N3O6S2. The summed E-state index contributed by atoms with van der Waals surface area (Å²) in [4.78, 5) is 39.6. The third-order valence-electron chi connectivity index (χ3n) is 6.53. The van der Waals surface area contributed by atoms with Gasteiger partial charge in [-0.15, -0.1) is 0 Å². The van der Waals surface area contributed by atoms with Crippen molar-refractivity contribution < 1.29 is 28.6 Å². The van der Waals surface area contributed by atoms with Crippen LogP contribution < -0.4 is 25.1 Å². The first kappa shape index (κ1) is 29.2. The van der Waals surface area contributed by atoms with E-state index < -0.39 is 5.91 Å². The molecule has 3 aromatic rings. The maximum atomic E-state index is 12.9. The van der Waals surface area contributed by atoms with Crippen molar-refractivity contribution in [2.24, 2.45) is 0 Å². The Balaban J connectivity index is 0.977. The minimum atomic E-state index is -0.416. The number of carbonyl (C=O) groups is 3. The second-order valence-electron chi connectivity index (χ2n) is 9.56. The zero-order chi connectivity index (χ0) is 29.3. The van der Waals surface area contributed by atoms with Crippen LogP contribution in [0.3, 0.4) is 0 Å². The van der Waals surface area contributed by atoms with E-state index in [2.05, 4.69) is 10.9 Å². The van der Waals surface area contributed by atoms with Crippen molar-refractivity contribution >= 4 is 52.1 Å². The Morgan fingerprint density at radius 2 is 1.74 bits per heavy atom. The molecule has 1 saturated heterocycles. The lowest BCUT2D eigenvalue weighted by Gasteiger charge is -2.14. The predicted octanol–water partition coefficient (Wildman–Crippen LogP) is 5.22. The summed E-state index contributed by atoms with van der Waals surface area (Å²) >= 11 is 6.69. The van der Waals surface area contributed by atoms with Gasteiger partial charge < -0.3 is 14.2 Å². The quantitative estimate of drug-likeness (QED) is 0.133. The maximum absolute atomic E-state index is 12.9. The number of nitrogens with zero attached hydrogens (tertiary/aromatic N) is 1. The van der Waals surface area contributed by atoms with Crippen LogP contribution in [0, 0.1) is 0 Å². The molecular weight excluding hydrogens is 574 g/mol. The van der Waals surface area contributed by atoms with E-state index in [9.17, 15) is 14.4 Å². The molecule has 216 valence electrons. The van der Waals surface area contributed by atoms with Crippen LogP contribution in [0.15, 0.2) is 77.7 Å². The summed E-state index contributed by atoms with van der Waals surface area (Å²) in [5, 5.41) is 0. The molecule has 0 spiro atoms. The van der Waals surface area contributed by atoms with Crippen LogP contribution in [-0.2, 0) is 16.2 Å². The molecule has 3 amide bonds. The molecule has 0 radical (unpaired) electrons. The normalized spacial score (nSPS) is 14.8. The van der Waals surface area contributed by atoms with Crippen molar-refractivity contribution in [2.75, 3.05) is 13.3 Å². The summed E-state index contributed by atoms with van der Waals surface area (Å²) < 4.78 is 17.0. The average molecular weight is 604 g/mol. The van der Waals surface area contributed by atoms with Crippen molar-refractivity contribution in [1.82, 2.24) is 15.8 Å². The molecule has 1 fully saturated rings. The molecule has 2 aliphatic rings. The van der Waals surface area contributed by atoms with Gasteiger partial charge in [-0.3, -0.25) is 30.1 Å². The lowest BCUT2D eigenvalue weighted by molar-refractivity contribution is -0.123. The Morgan fingerprint density at radius 3 is 2.55 bits per heavy atom. The van der Waals surface area contributed by atoms with Crippen molar-refractivity contribution in [3.8, 4) is 17.2 Å². The number of carbonyl (C=O) groups excluding carboxylic acids is 3. The Hall–Kier alpha value is -4.35. The Labute approximate surface area is 253 Å². The molecule has 2 heterocycles. The zero-order valence-electron chi connectivity index (χ0n) is 22.7. The standard InChI is InChI=1S/C31H29N3O6S2/c35-28(32-33-29(36)23-11-13-24(14-12-23)38-19-21-7-3-1-4-8-21)9-5-2-6-16-34-30(37)27(42-31(34)41)18-22-10-15-25-26(17-22)40-20-39-25/h1,3-4,7-8,10-15,17-18H,2,5-6,9,16,19-20H2,(H,32,35)(H,33,36). The number of hydrogen-bond acceptors (Lipinski definition) is 8. The number of hydrazine groups is 1. The van der Waals surface area contributed by atoms with Gasteiger partial charge in [-0.05, 0) is 66.4 Å². The fraction of sp³-hybridized carbons (Fsp3) is 0.226. The SMILES string of the molecule is O=C(CCCCCN1C(=O)C(=Cc2ccc3c(c2)OCO3)SC1=S)NNC(=O)c1ccc(OCc2ccccc2)cc1. The summed E-state index contributed by atoms with van der Waals surface area (Å²) in [7, 11) is 0. The highest BCUT2D eigenvalue weighted by molar-refractivity contribution is 8.26. The van der Waals surface area contributed by atoms with Gasteiger partial charge in [0.1, 0.15) is 16.7 Å². The highest BCUT2D eigenvalue weighted by Crippen LogP contribution is 2.36. The summed E-state index contributed by atoms with van der Waals surface area (Å²) in [5.74, 6) is 1.16. The van der Waals surface area contributed by atoms with Gasteiger partial charge in [0.05, 0.1) is 4.91 Å². The van der Waals surface area contributed by atoms with Gasteiger partial charge >= 0.3 is 0 Å². The topological polar surface area (TPSA) is 106 Å². The second kappa shape index (κ2) is 14.0. The third-order valence-corrected chi connectivity index (χ3v) is 7.91. The van der Waals surface area contributed by atoms with Crippen molar-refractivity contribution in [3.05, 3.63) is 94.4 Å². The number of fused-ring (bicyclic) bond motifs is 1. The number of hydrogen-bond donors (Lipinski definition) is 2. The van der Waals surface area contributed by atoms with E-state index in [1.165, 1.54) is 11.8 Å². The van der Waals surface area contributed by atoms with E-state index in [1.807, 2.05) is 48.5 Å². The molecule has 0 saturated carbocycles. The molecule has 3 aromatic carbocycles. The number of thioether (sulfide) groups is 1. The van der Waals surface area contributed by atoms with E-state index in [1.54, 1.807) is 35.2 Å². The number of unbranched alkanes of at least 4 members (excludes halogenated alkanes) is 2. The molecule has 0 atom stereocenters. The molecule has 2 N–H and O–H groups in total. The molecule has 11 heteroatoms. The van der Waals surface area contributed by atoms with Gasteiger partial charge in [0.2, 0.25) is 12.7 Å². The van der Waals surface area contributed by atoms with Gasteiger partial charge in [0.25, 0.3) is 11.8 Å². The number of amides is 3. The van der Waals surface area contributed by atoms with Crippen molar-refractivity contribution in [1.29, 1.82) is 0 Å². The van der Waals surface area contributed by atoms with E-state index in [4.69, 9.17) is 26.4 Å². The molecule has 5 rings (SSSR count). The van der Waals surface area contributed by atoms with E-state index in [-0.39, 0.29) is 25.0 Å². The predicted molar refractivity (Wildman–Crippen MR) is 164 cm³/mol. The molecule has 2 aliphatic heterocycles. The minimum absolute atomic E-state index is 0.126. The first-order chi connectivity index (χ1) is 20.5. The maximum Gasteiger partial charge on any atom is 0.269 e. The average Bonchev–Trinajstić information content (AvgIpc) is 3.58. The van der Waals surface area contributed by atoms with Gasteiger partial charge in [0.15, 0.2) is 11.5 Å². The highest BCUT2D eigenvalue weighted by Gasteiger charge is 2.31. The van der Waals surface area contributed by atoms with Crippen LogP contribution in [0.5, 0.6) is 17.2 Å². The number of ether oxygens (including phenoxy) is 3. The van der Waals surface area contributed by atoms with Crippen LogP contribution in [-0.4, -0.2) is 40.3 Å². The minimum Gasteiger partial charge on any atom is -0.489 e. The molecule has 9 nitrogen and oxygen atoms in total. The highest BCUT2D eigenvalue weighted by atomic mass is 32.2. The lowest BCUT2D eigenvalue weighted by Crippen LogP contribution is -2.41. The molecule has 0 bridgehead atoms. The van der Waals surface area contributed by atoms with E-state index in [0.717, 1.165) is 17.5 Å². The largest absolute Gasteiger partial charge is 0.489 e. The number of nitrogens with one attached hydrogen (secondary N) is 2. The second-order valence-corrected chi connectivity index (χ2v) is 11.2. The molecule has 0 unspecified atom stereocenters. The third kappa shape index (κ3) is 7.68. The summed E-state index contributed by atoms with van der Waals surface area (Å²) in [6.07, 6.45) is 4.08. The fourth-order valence-electron chi connectivity index (χ4n) is 4.28. The molecule has 42 heavy (non-hydrogen) atoms. The number of benzene rings is 3. The van der Waals surface area contributed by atoms with Crippen LogP contribution in [0.25, 0.3) is 6.08 Å². The van der Waals surface area contributed by atoms with Gasteiger partial charge in [-0.1, -0.05) is 66.8 Å². The van der Waals surface area contributed by atoms with Crippen molar-refractivity contribution in [2.45, 2.75) is 32.3 Å². The van der Waals surface area contributed by atoms with Gasteiger partial charge in [-0.25, -0.2) is 0 Å². The van der Waals surface area contributed by atoms with Crippen molar-refractivity contribution in [3.63, 3.8) is 0 Å². The fourth-order valence-corrected chi connectivity index (χ4v) is 5.59. The van der Waals surface area contributed by atoms with Crippen LogP contribution in [0.1, 0.15) is 47.2 Å². The number of rotatable bonds is 11. The first-order valence-electron chi connectivity index (χ1n) is 13.5. The monoisotopic (exact) mass is 603 g/mol. The Bertz CT molecular complexity index is 1490. The van der Waals surface area contributed by atoms with Gasteiger partial charge in [-0.2, -0.15) is 0 Å². The van der Waals surface area contributed by atoms with E-state index >= 15 is 0 Å². The van der Waals surface area contributed by atoms with Gasteiger partial charge in [0, 0.05) is 18.5 Å². The molecule has 0 aromatic heterocycles. The smallest absolute Gasteiger partial charge is 0.269 e. The van der Waals surface area contributed by atoms with Crippen LogP contribution in [0.4, 0.5) is 0 Å². The first-order valence-corrected chi connectivity index (χ1v) is 14.7. The molecule has 0 aliphatic carbocycles. The summed E-state index contributed by atoms with van der Waals surface area (Å²) in [6, 6.07) is 22.0. The van der Waals surface area contributed by atoms with Crippen LogP contribution in [0.2, 0.25) is 0 Å². The number of thiocarbonyl (C=S) groups is 1. The summed E-state index contributed by atoms with van der Waals surface area (Å²) in [6.45, 7) is 1.10. The Kier molecular flexibility index (Phi) is 9.73.